The second-order valence-corrected chi connectivity index (χ2v) is 12.5. The van der Waals surface area contributed by atoms with Gasteiger partial charge in [0.15, 0.2) is 0 Å². The predicted molar refractivity (Wildman–Crippen MR) is 183 cm³/mol. The Hall–Kier alpha value is -5.89. The first-order valence-corrected chi connectivity index (χ1v) is 16.3. The lowest BCUT2D eigenvalue weighted by Crippen LogP contribution is -2.43. The maximum absolute atomic E-state index is 14.2. The van der Waals surface area contributed by atoms with Crippen molar-refractivity contribution in [2.75, 3.05) is 0 Å². The number of benzene rings is 3. The SMILES string of the molecule is Fc1ccc(-c2nn(C(c3ccccc3)(c3ccccc3)C3C=CC=CC3)cc2-c2ccc3ncc(-c4noc(C5CC5)n4)n3c2)cc1. The standard InChI is InChI=1S/C40H31FN6O/c41-33-21-18-27(19-22-33)37-34(29-20-23-36-42-24-35(46(36)25-29)38-43-39(48-45-38)28-16-17-28)26-47(44-37)40(30-10-4-1-5-11-30,31-12-6-2-7-13-31)32-14-8-3-9-15-32/h1-14,18-26,28,32H,15-17H2. The monoisotopic (exact) mass is 630 g/mol. The van der Waals surface area contributed by atoms with Crippen molar-refractivity contribution in [2.45, 2.75) is 30.7 Å². The topological polar surface area (TPSA) is 74.0 Å². The summed E-state index contributed by atoms with van der Waals surface area (Å²) < 4.78 is 23.9. The number of hydrogen-bond donors (Lipinski definition) is 0. The molecule has 1 atom stereocenters. The highest BCUT2D eigenvalue weighted by Crippen LogP contribution is 2.46. The van der Waals surface area contributed by atoms with Crippen molar-refractivity contribution in [3.8, 4) is 33.9 Å². The molecular formula is C40H31FN6O. The zero-order valence-electron chi connectivity index (χ0n) is 26.0. The number of fused-ring (bicyclic) bond motifs is 1. The molecule has 2 aliphatic carbocycles. The molecule has 234 valence electrons. The first-order valence-electron chi connectivity index (χ1n) is 16.3. The fourth-order valence-corrected chi connectivity index (χ4v) is 7.03. The van der Waals surface area contributed by atoms with Gasteiger partial charge in [-0.05, 0) is 66.8 Å². The molecule has 3 aromatic carbocycles. The van der Waals surface area contributed by atoms with Gasteiger partial charge in [0.1, 0.15) is 28.4 Å². The minimum Gasteiger partial charge on any atom is -0.339 e. The van der Waals surface area contributed by atoms with Crippen LogP contribution in [0.4, 0.5) is 4.39 Å². The van der Waals surface area contributed by atoms with Gasteiger partial charge in [-0.3, -0.25) is 9.08 Å². The minimum absolute atomic E-state index is 0.0581. The van der Waals surface area contributed by atoms with Crippen LogP contribution in [0.25, 0.3) is 39.5 Å². The third kappa shape index (κ3) is 4.71. The van der Waals surface area contributed by atoms with Gasteiger partial charge >= 0.3 is 0 Å². The van der Waals surface area contributed by atoms with Crippen LogP contribution in [0, 0.1) is 11.7 Å². The van der Waals surface area contributed by atoms with Gasteiger partial charge < -0.3 is 4.52 Å². The van der Waals surface area contributed by atoms with Crippen LogP contribution in [0.3, 0.4) is 0 Å². The van der Waals surface area contributed by atoms with Gasteiger partial charge in [-0.25, -0.2) is 9.37 Å². The number of hydrogen-bond acceptors (Lipinski definition) is 5. The maximum Gasteiger partial charge on any atom is 0.230 e. The Kier molecular flexibility index (Phi) is 6.74. The third-order valence-corrected chi connectivity index (χ3v) is 9.55. The van der Waals surface area contributed by atoms with Crippen molar-refractivity contribution in [1.29, 1.82) is 0 Å². The normalized spacial score (nSPS) is 16.1. The quantitative estimate of drug-likeness (QED) is 0.168. The van der Waals surface area contributed by atoms with E-state index in [0.717, 1.165) is 64.1 Å². The van der Waals surface area contributed by atoms with Gasteiger partial charge in [-0.15, -0.1) is 0 Å². The molecule has 48 heavy (non-hydrogen) atoms. The number of imidazole rings is 1. The molecule has 0 spiro atoms. The summed E-state index contributed by atoms with van der Waals surface area (Å²) in [5.41, 5.74) is 6.47. The third-order valence-electron chi connectivity index (χ3n) is 9.55. The molecule has 4 aromatic heterocycles. The number of halogens is 1. The number of nitrogens with zero attached hydrogens (tertiary/aromatic N) is 6. The molecule has 8 heteroatoms. The molecule has 1 fully saturated rings. The highest BCUT2D eigenvalue weighted by atomic mass is 19.1. The molecule has 1 saturated carbocycles. The molecular weight excluding hydrogens is 599 g/mol. The van der Waals surface area contributed by atoms with Gasteiger partial charge in [0, 0.05) is 40.9 Å². The lowest BCUT2D eigenvalue weighted by atomic mass is 9.70. The average Bonchev–Trinajstić information content (AvgIpc) is 3.50. The smallest absolute Gasteiger partial charge is 0.230 e. The highest BCUT2D eigenvalue weighted by molar-refractivity contribution is 5.81. The van der Waals surface area contributed by atoms with Gasteiger partial charge in [-0.1, -0.05) is 90.1 Å². The van der Waals surface area contributed by atoms with Crippen LogP contribution < -0.4 is 0 Å². The van der Waals surface area contributed by atoms with E-state index in [9.17, 15) is 4.39 Å². The summed E-state index contributed by atoms with van der Waals surface area (Å²) in [5.74, 6) is 1.31. The van der Waals surface area contributed by atoms with Gasteiger partial charge in [0.25, 0.3) is 0 Å². The van der Waals surface area contributed by atoms with Crippen LogP contribution in [0.2, 0.25) is 0 Å². The second-order valence-electron chi connectivity index (χ2n) is 12.5. The second kappa shape index (κ2) is 11.4. The molecule has 0 radical (unpaired) electrons. The van der Waals surface area contributed by atoms with Crippen LogP contribution in [-0.4, -0.2) is 29.3 Å². The minimum atomic E-state index is -0.690. The zero-order valence-corrected chi connectivity index (χ0v) is 26.0. The van der Waals surface area contributed by atoms with E-state index in [1.165, 1.54) is 12.1 Å². The fourth-order valence-electron chi connectivity index (χ4n) is 7.03. The van der Waals surface area contributed by atoms with E-state index in [0.29, 0.717) is 17.6 Å². The van der Waals surface area contributed by atoms with Crippen LogP contribution in [0.15, 0.2) is 144 Å². The zero-order chi connectivity index (χ0) is 32.1. The van der Waals surface area contributed by atoms with Crippen molar-refractivity contribution in [2.24, 2.45) is 5.92 Å². The lowest BCUT2D eigenvalue weighted by molar-refractivity contribution is 0.293. The Balaban J connectivity index is 1.29. The number of pyridine rings is 1. The van der Waals surface area contributed by atoms with E-state index in [1.54, 1.807) is 18.3 Å². The Morgan fingerprint density at radius 1 is 0.792 bits per heavy atom. The Morgan fingerprint density at radius 2 is 1.52 bits per heavy atom. The summed E-state index contributed by atoms with van der Waals surface area (Å²) in [5, 5.41) is 9.73. The summed E-state index contributed by atoms with van der Waals surface area (Å²) in [4.78, 5) is 9.33. The molecule has 2 aliphatic rings. The van der Waals surface area contributed by atoms with Gasteiger partial charge in [0.05, 0.1) is 6.20 Å². The van der Waals surface area contributed by atoms with E-state index in [4.69, 9.17) is 14.6 Å². The Labute approximate surface area is 276 Å². The molecule has 7 aromatic rings. The van der Waals surface area contributed by atoms with E-state index in [1.807, 2.05) is 22.6 Å². The molecule has 0 amide bonds. The molecule has 7 nitrogen and oxygen atoms in total. The Bertz CT molecular complexity index is 2260. The van der Waals surface area contributed by atoms with E-state index in [-0.39, 0.29) is 11.7 Å². The number of rotatable bonds is 8. The molecule has 1 unspecified atom stereocenters. The van der Waals surface area contributed by atoms with Gasteiger partial charge in [-0.2, -0.15) is 10.1 Å². The summed E-state index contributed by atoms with van der Waals surface area (Å²) in [7, 11) is 0. The van der Waals surface area contributed by atoms with Crippen molar-refractivity contribution >= 4 is 5.65 Å². The fraction of sp³-hybridized carbons (Fsp3) is 0.150. The molecule has 0 bridgehead atoms. The predicted octanol–water partition coefficient (Wildman–Crippen LogP) is 8.86. The summed E-state index contributed by atoms with van der Waals surface area (Å²) in [6.07, 6.45) is 17.7. The van der Waals surface area contributed by atoms with Crippen molar-refractivity contribution in [1.82, 2.24) is 29.3 Å². The largest absolute Gasteiger partial charge is 0.339 e. The Morgan fingerprint density at radius 3 is 2.21 bits per heavy atom. The van der Waals surface area contributed by atoms with Crippen molar-refractivity contribution in [3.63, 3.8) is 0 Å². The molecule has 9 rings (SSSR count). The number of aromatic nitrogens is 6. The summed E-state index contributed by atoms with van der Waals surface area (Å²) in [6.45, 7) is 0. The van der Waals surface area contributed by atoms with E-state index < -0.39 is 5.54 Å². The van der Waals surface area contributed by atoms with Crippen molar-refractivity contribution < 1.29 is 8.91 Å². The lowest BCUT2D eigenvalue weighted by Gasteiger charge is -2.41. The maximum atomic E-state index is 14.2. The van der Waals surface area contributed by atoms with Gasteiger partial charge in [0.2, 0.25) is 11.7 Å². The van der Waals surface area contributed by atoms with Crippen LogP contribution in [-0.2, 0) is 5.54 Å². The highest BCUT2D eigenvalue weighted by Gasteiger charge is 2.44. The van der Waals surface area contributed by atoms with E-state index in [2.05, 4.69) is 106 Å². The first kappa shape index (κ1) is 28.3. The van der Waals surface area contributed by atoms with Crippen LogP contribution >= 0.6 is 0 Å². The average molecular weight is 631 g/mol. The number of allylic oxidation sites excluding steroid dienone is 4. The van der Waals surface area contributed by atoms with E-state index >= 15 is 0 Å². The summed E-state index contributed by atoms with van der Waals surface area (Å²) >= 11 is 0. The van der Waals surface area contributed by atoms with Crippen LogP contribution in [0.1, 0.15) is 42.2 Å². The molecule has 0 N–H and O–H groups in total. The van der Waals surface area contributed by atoms with Crippen LogP contribution in [0.5, 0.6) is 0 Å². The molecule has 4 heterocycles. The molecule has 0 saturated heterocycles. The van der Waals surface area contributed by atoms with Crippen molar-refractivity contribution in [3.05, 3.63) is 163 Å². The first-order chi connectivity index (χ1) is 23.7. The summed E-state index contributed by atoms with van der Waals surface area (Å²) in [6, 6.07) is 31.8. The molecule has 0 aliphatic heterocycles.